The van der Waals surface area contributed by atoms with Crippen LogP contribution >= 0.6 is 23.4 Å². The summed E-state index contributed by atoms with van der Waals surface area (Å²) in [5.41, 5.74) is 2.12. The van der Waals surface area contributed by atoms with Crippen molar-refractivity contribution in [2.45, 2.75) is 25.4 Å². The number of thioether (sulfide) groups is 1. The zero-order valence-electron chi connectivity index (χ0n) is 21.1. The monoisotopic (exact) mass is 539 g/mol. The first kappa shape index (κ1) is 25.6. The topological polar surface area (TPSA) is 94.9 Å². The number of aromatic nitrogens is 2. The van der Waals surface area contributed by atoms with Crippen molar-refractivity contribution in [3.8, 4) is 0 Å². The maximum absolute atomic E-state index is 13.1. The van der Waals surface area contributed by atoms with Crippen LogP contribution in [-0.4, -0.2) is 81.6 Å². The number of carbonyl (C=O) groups excluding carboxylic acids is 2. The summed E-state index contributed by atoms with van der Waals surface area (Å²) in [5, 5.41) is 7.61. The molecule has 2 amide bonds. The number of amides is 2. The Morgan fingerprint density at radius 1 is 1.16 bits per heavy atom. The number of likely N-dealkylation sites (N-methyl/N-ethyl adjacent to an activating group) is 1. The fraction of sp³-hybridized carbons (Fsp3) is 0.385. The van der Waals surface area contributed by atoms with Crippen LogP contribution < -0.4 is 10.6 Å². The third-order valence-electron chi connectivity index (χ3n) is 6.68. The number of carbonyl (C=O) groups is 2. The Bertz CT molecular complexity index is 1300. The zero-order valence-corrected chi connectivity index (χ0v) is 22.6. The fourth-order valence-corrected chi connectivity index (χ4v) is 5.68. The van der Waals surface area contributed by atoms with Crippen LogP contribution in [0.4, 0.5) is 5.95 Å². The maximum atomic E-state index is 13.1. The average molecular weight is 540 g/mol. The largest absolute Gasteiger partial charge is 0.341 e. The number of nitrogens with one attached hydrogen (secondary N) is 2. The van der Waals surface area contributed by atoms with Crippen molar-refractivity contribution in [1.82, 2.24) is 24.7 Å². The molecule has 2 atom stereocenters. The molecule has 5 rings (SSSR count). The highest BCUT2D eigenvalue weighted by atomic mass is 35.5. The standard InChI is InChI=1S/C26H30ClN7O2S/c1-16(24(36)34-11-9-32(2)10-12-34)28-23(35)17-5-4-6-22-21(13-17)30-25(33(22)3)31-26-29-19-8-7-18(27)14-20(15-19)37-26/h4,6-8,13-16,19H,5,9-12H2,1-3H3,(H,28,35)(H,29,30,31)/t16-,19?/m0/s1. The molecule has 2 aliphatic heterocycles. The summed E-state index contributed by atoms with van der Waals surface area (Å²) in [6.07, 6.45) is 13.9. The molecule has 194 valence electrons. The highest BCUT2D eigenvalue weighted by Gasteiger charge is 2.26. The van der Waals surface area contributed by atoms with E-state index in [4.69, 9.17) is 21.6 Å². The van der Waals surface area contributed by atoms with Crippen molar-refractivity contribution in [1.29, 1.82) is 0 Å². The Balaban J connectivity index is 1.28. The summed E-state index contributed by atoms with van der Waals surface area (Å²) in [5.74, 6) is 0.311. The van der Waals surface area contributed by atoms with E-state index >= 15 is 0 Å². The van der Waals surface area contributed by atoms with Crippen molar-refractivity contribution in [3.63, 3.8) is 0 Å². The molecule has 1 unspecified atom stereocenters. The predicted octanol–water partition coefficient (Wildman–Crippen LogP) is 2.96. The van der Waals surface area contributed by atoms with Gasteiger partial charge >= 0.3 is 0 Å². The number of imidazole rings is 1. The van der Waals surface area contributed by atoms with Crippen LogP contribution in [0.3, 0.4) is 0 Å². The average Bonchev–Trinajstić information content (AvgIpc) is 3.00. The minimum atomic E-state index is -0.597. The second kappa shape index (κ2) is 10.7. The smallest absolute Gasteiger partial charge is 0.248 e. The van der Waals surface area contributed by atoms with Crippen LogP contribution in [0.15, 0.2) is 50.9 Å². The van der Waals surface area contributed by atoms with Gasteiger partial charge in [-0.3, -0.25) is 14.6 Å². The first-order chi connectivity index (χ1) is 17.8. The molecule has 0 saturated carbocycles. The Kier molecular flexibility index (Phi) is 7.41. The van der Waals surface area contributed by atoms with E-state index in [1.807, 2.05) is 53.9 Å². The van der Waals surface area contributed by atoms with E-state index in [0.29, 0.717) is 41.8 Å². The minimum Gasteiger partial charge on any atom is -0.341 e. The van der Waals surface area contributed by atoms with Crippen molar-refractivity contribution in [3.05, 3.63) is 57.3 Å². The molecule has 11 heteroatoms. The van der Waals surface area contributed by atoms with Gasteiger partial charge in [0.15, 0.2) is 5.17 Å². The van der Waals surface area contributed by atoms with E-state index in [2.05, 4.69) is 21.6 Å². The van der Waals surface area contributed by atoms with Gasteiger partial charge in [-0.15, -0.1) is 0 Å². The number of nitrogens with zero attached hydrogens (tertiary/aromatic N) is 5. The van der Waals surface area contributed by atoms with Crippen LogP contribution in [0.1, 0.15) is 24.7 Å². The van der Waals surface area contributed by atoms with E-state index in [9.17, 15) is 9.59 Å². The molecular formula is C26H30ClN7O2S. The molecule has 1 aromatic rings. The van der Waals surface area contributed by atoms with Crippen LogP contribution in [0, 0.1) is 0 Å². The van der Waals surface area contributed by atoms with Crippen LogP contribution in [0.5, 0.6) is 0 Å². The molecule has 1 aromatic heterocycles. The molecule has 1 saturated heterocycles. The number of allylic oxidation sites excluding steroid dienone is 4. The zero-order chi connectivity index (χ0) is 26.1. The second-order valence-electron chi connectivity index (χ2n) is 9.47. The molecule has 37 heavy (non-hydrogen) atoms. The summed E-state index contributed by atoms with van der Waals surface area (Å²) < 4.78 is 1.94. The van der Waals surface area contributed by atoms with Crippen LogP contribution in [0.25, 0.3) is 12.2 Å². The molecule has 0 aromatic carbocycles. The van der Waals surface area contributed by atoms with Crippen molar-refractivity contribution in [2.75, 3.05) is 38.5 Å². The number of hydrogen-bond donors (Lipinski definition) is 2. The van der Waals surface area contributed by atoms with E-state index in [-0.39, 0.29) is 17.9 Å². The highest BCUT2D eigenvalue weighted by Crippen LogP contribution is 2.32. The molecule has 3 heterocycles. The Morgan fingerprint density at radius 3 is 2.73 bits per heavy atom. The summed E-state index contributed by atoms with van der Waals surface area (Å²) in [4.78, 5) is 40.4. The lowest BCUT2D eigenvalue weighted by molar-refractivity contribution is -0.136. The molecule has 0 radical (unpaired) electrons. The highest BCUT2D eigenvalue weighted by molar-refractivity contribution is 8.17. The van der Waals surface area contributed by atoms with E-state index in [1.54, 1.807) is 13.0 Å². The van der Waals surface area contributed by atoms with Gasteiger partial charge in [0.05, 0.1) is 17.4 Å². The van der Waals surface area contributed by atoms with Crippen LogP contribution in [-0.2, 0) is 16.6 Å². The SMILES string of the molecule is C[C@H](NC(=O)C1=Cc2nc(NC3=NC4C=CC(Cl)=CC(=C4)S3)n(C)c2C=CC1)C(=O)N1CCN(C)CC1. The van der Waals surface area contributed by atoms with Crippen molar-refractivity contribution >= 4 is 58.4 Å². The number of fused-ring (bicyclic) bond motifs is 2. The Morgan fingerprint density at radius 2 is 1.95 bits per heavy atom. The summed E-state index contributed by atoms with van der Waals surface area (Å²) in [6, 6.07) is -0.685. The van der Waals surface area contributed by atoms with E-state index in [1.165, 1.54) is 11.8 Å². The van der Waals surface area contributed by atoms with Gasteiger partial charge in [0.2, 0.25) is 17.8 Å². The van der Waals surface area contributed by atoms with E-state index < -0.39 is 6.04 Å². The first-order valence-electron chi connectivity index (χ1n) is 12.3. The number of anilines is 1. The normalized spacial score (nSPS) is 22.1. The molecule has 9 nitrogen and oxygen atoms in total. The van der Waals surface area contributed by atoms with Crippen LogP contribution in [0.2, 0.25) is 0 Å². The predicted molar refractivity (Wildman–Crippen MR) is 150 cm³/mol. The van der Waals surface area contributed by atoms with Gasteiger partial charge in [0.1, 0.15) is 6.04 Å². The minimum absolute atomic E-state index is 0.0522. The number of hydrogen-bond acceptors (Lipinski definition) is 7. The van der Waals surface area contributed by atoms with Gasteiger partial charge in [-0.1, -0.05) is 35.5 Å². The molecular weight excluding hydrogens is 510 g/mol. The second-order valence-corrected chi connectivity index (χ2v) is 11.0. The van der Waals surface area contributed by atoms with Gasteiger partial charge in [-0.05, 0) is 50.8 Å². The van der Waals surface area contributed by atoms with Gasteiger partial charge in [0, 0.05) is 48.7 Å². The van der Waals surface area contributed by atoms with Gasteiger partial charge < -0.3 is 25.0 Å². The van der Waals surface area contributed by atoms with Gasteiger partial charge in [0.25, 0.3) is 0 Å². The molecule has 2 N–H and O–H groups in total. The number of rotatable bonds is 4. The van der Waals surface area contributed by atoms with Crippen molar-refractivity contribution in [2.24, 2.45) is 12.0 Å². The molecule has 2 aliphatic carbocycles. The third-order valence-corrected chi connectivity index (χ3v) is 7.81. The lowest BCUT2D eigenvalue weighted by atomic mass is 10.1. The number of aliphatic imine (C=N–C) groups is 1. The number of piperazine rings is 1. The fourth-order valence-electron chi connectivity index (χ4n) is 4.50. The molecule has 4 aliphatic rings. The lowest BCUT2D eigenvalue weighted by Gasteiger charge is -2.34. The van der Waals surface area contributed by atoms with Gasteiger partial charge in [-0.2, -0.15) is 0 Å². The molecule has 2 bridgehead atoms. The number of amidine groups is 1. The summed E-state index contributed by atoms with van der Waals surface area (Å²) >= 11 is 7.69. The summed E-state index contributed by atoms with van der Waals surface area (Å²) in [6.45, 7) is 4.77. The lowest BCUT2D eigenvalue weighted by Crippen LogP contribution is -2.53. The Hall–Kier alpha value is -3.08. The Labute approximate surface area is 225 Å². The molecule has 1 fully saturated rings. The quantitative estimate of drug-likeness (QED) is 0.611. The first-order valence-corrected chi connectivity index (χ1v) is 13.5. The maximum Gasteiger partial charge on any atom is 0.248 e. The van der Waals surface area contributed by atoms with Gasteiger partial charge in [-0.25, -0.2) is 4.98 Å². The summed E-state index contributed by atoms with van der Waals surface area (Å²) in [7, 11) is 3.97. The van der Waals surface area contributed by atoms with E-state index in [0.717, 1.165) is 28.9 Å². The number of halogens is 1. The molecule has 0 spiro atoms. The van der Waals surface area contributed by atoms with Crippen molar-refractivity contribution < 1.29 is 9.59 Å². The third kappa shape index (κ3) is 5.76.